The van der Waals surface area contributed by atoms with Gasteiger partial charge in [0.1, 0.15) is 5.52 Å². The second kappa shape index (κ2) is 9.06. The molecule has 5 rings (SSSR count). The van der Waals surface area contributed by atoms with Crippen molar-refractivity contribution in [2.24, 2.45) is 0 Å². The summed E-state index contributed by atoms with van der Waals surface area (Å²) in [6, 6.07) is 17.6. The average Bonchev–Trinajstić information content (AvgIpc) is 3.24. The van der Waals surface area contributed by atoms with Crippen molar-refractivity contribution in [3.8, 4) is 0 Å². The van der Waals surface area contributed by atoms with E-state index in [2.05, 4.69) is 29.5 Å². The first-order valence-corrected chi connectivity index (χ1v) is 11.6. The smallest absolute Gasteiger partial charge is 0.277 e. The van der Waals surface area contributed by atoms with Crippen molar-refractivity contribution in [3.63, 3.8) is 0 Å². The van der Waals surface area contributed by atoms with Gasteiger partial charge in [0.25, 0.3) is 11.5 Å². The largest absolute Gasteiger partial charge is 0.351 e. The number of amides is 1. The zero-order chi connectivity index (χ0) is 22.8. The second-order valence-corrected chi connectivity index (χ2v) is 8.88. The molecule has 1 atom stereocenters. The van der Waals surface area contributed by atoms with Crippen LogP contribution in [0.1, 0.15) is 58.4 Å². The number of aryl methyl sites for hydroxylation is 2. The van der Waals surface area contributed by atoms with E-state index in [1.165, 1.54) is 5.56 Å². The van der Waals surface area contributed by atoms with Gasteiger partial charge in [0.2, 0.25) is 0 Å². The molecule has 0 spiro atoms. The van der Waals surface area contributed by atoms with E-state index in [-0.39, 0.29) is 17.4 Å². The summed E-state index contributed by atoms with van der Waals surface area (Å²) in [7, 11) is 0. The Bertz CT molecular complexity index is 1340. The number of fused-ring (bicyclic) bond motifs is 3. The highest BCUT2D eigenvalue weighted by Gasteiger charge is 2.19. The third kappa shape index (κ3) is 4.33. The van der Waals surface area contributed by atoms with Gasteiger partial charge >= 0.3 is 0 Å². The molecule has 1 aliphatic carbocycles. The number of carbonyl (C=O) groups excluding carboxylic acids is 1. The lowest BCUT2D eigenvalue weighted by Gasteiger charge is -2.13. The van der Waals surface area contributed by atoms with E-state index in [4.69, 9.17) is 0 Å². The summed E-state index contributed by atoms with van der Waals surface area (Å²) in [5.41, 5.74) is 5.66. The fraction of sp³-hybridized carbons (Fsp3) is 0.296. The molecule has 2 aromatic heterocycles. The van der Waals surface area contributed by atoms with Crippen molar-refractivity contribution in [1.82, 2.24) is 19.5 Å². The van der Waals surface area contributed by atoms with Crippen LogP contribution in [0.25, 0.3) is 5.52 Å². The number of benzene rings is 2. The quantitative estimate of drug-likeness (QED) is 0.494. The Labute approximate surface area is 192 Å². The lowest BCUT2D eigenvalue weighted by Crippen LogP contribution is -2.27. The molecule has 0 bridgehead atoms. The lowest BCUT2D eigenvalue weighted by atomic mass is 9.97. The number of rotatable bonds is 6. The molecule has 2 heterocycles. The van der Waals surface area contributed by atoms with Gasteiger partial charge in [-0.3, -0.25) is 9.59 Å². The molecule has 2 aromatic carbocycles. The zero-order valence-electron chi connectivity index (χ0n) is 18.8. The Morgan fingerprint density at radius 1 is 1.03 bits per heavy atom. The van der Waals surface area contributed by atoms with E-state index >= 15 is 0 Å². The predicted octanol–water partition coefficient (Wildman–Crippen LogP) is 3.96. The number of hydrogen-bond donors (Lipinski definition) is 1. The molecule has 0 aliphatic heterocycles. The van der Waals surface area contributed by atoms with Gasteiger partial charge in [-0.2, -0.15) is 5.10 Å². The summed E-state index contributed by atoms with van der Waals surface area (Å²) >= 11 is 0. The molecule has 0 saturated heterocycles. The molecule has 0 fully saturated rings. The van der Waals surface area contributed by atoms with E-state index in [1.54, 1.807) is 15.3 Å². The van der Waals surface area contributed by atoms with Crippen LogP contribution in [0.5, 0.6) is 0 Å². The van der Waals surface area contributed by atoms with E-state index in [0.717, 1.165) is 42.5 Å². The van der Waals surface area contributed by atoms with Crippen LogP contribution >= 0.6 is 0 Å². The molecule has 6 heteroatoms. The third-order valence-electron chi connectivity index (χ3n) is 6.54. The lowest BCUT2D eigenvalue weighted by molar-refractivity contribution is 0.0951. The second-order valence-electron chi connectivity index (χ2n) is 8.88. The van der Waals surface area contributed by atoms with Crippen LogP contribution in [0.3, 0.4) is 0 Å². The van der Waals surface area contributed by atoms with Gasteiger partial charge < -0.3 is 9.88 Å². The number of carbonyl (C=O) groups is 1. The molecule has 4 aromatic rings. The van der Waals surface area contributed by atoms with Crippen LogP contribution in [0.4, 0.5) is 0 Å². The standard InChI is InChI=1S/C27H28N4O2/c1-19(21-7-3-2-4-8-21)17-28-26(32)22-13-11-20(12-14-22)18-30-15-16-31-25(27(30)33)23-9-5-6-10-24(23)29-31/h2-4,7-8,11-16,19H,5-6,9-10,17-18H2,1H3,(H,28,32)/t19-/m1/s1. The summed E-state index contributed by atoms with van der Waals surface area (Å²) in [5, 5.41) is 7.62. The van der Waals surface area contributed by atoms with Gasteiger partial charge in [0.15, 0.2) is 0 Å². The fourth-order valence-corrected chi connectivity index (χ4v) is 4.59. The van der Waals surface area contributed by atoms with Gasteiger partial charge in [-0.15, -0.1) is 0 Å². The minimum absolute atomic E-state index is 0.00938. The maximum Gasteiger partial charge on any atom is 0.277 e. The number of nitrogens with one attached hydrogen (secondary N) is 1. The number of nitrogens with zero attached hydrogens (tertiary/aromatic N) is 3. The fourth-order valence-electron chi connectivity index (χ4n) is 4.59. The first-order valence-electron chi connectivity index (χ1n) is 11.6. The zero-order valence-corrected chi connectivity index (χ0v) is 18.8. The van der Waals surface area contributed by atoms with E-state index in [0.29, 0.717) is 24.2 Å². The molecule has 33 heavy (non-hydrogen) atoms. The summed E-state index contributed by atoms with van der Waals surface area (Å²) < 4.78 is 3.46. The number of aromatic nitrogens is 3. The van der Waals surface area contributed by atoms with E-state index < -0.39 is 0 Å². The Hall–Kier alpha value is -3.67. The Morgan fingerprint density at radius 2 is 1.79 bits per heavy atom. The van der Waals surface area contributed by atoms with Gasteiger partial charge in [-0.05, 0) is 54.9 Å². The molecular formula is C27H28N4O2. The van der Waals surface area contributed by atoms with E-state index in [1.807, 2.05) is 48.7 Å². The molecule has 6 nitrogen and oxygen atoms in total. The summed E-state index contributed by atoms with van der Waals surface area (Å²) in [5.74, 6) is 0.152. The van der Waals surface area contributed by atoms with Crippen LogP contribution < -0.4 is 10.9 Å². The SMILES string of the molecule is C[C@H](CNC(=O)c1ccc(Cn2ccn3nc4c(c3c2=O)CCCC4)cc1)c1ccccc1. The van der Waals surface area contributed by atoms with Crippen molar-refractivity contribution in [3.05, 3.63) is 105 Å². The van der Waals surface area contributed by atoms with Crippen molar-refractivity contribution >= 4 is 11.4 Å². The highest BCUT2D eigenvalue weighted by atomic mass is 16.1. The molecule has 1 aliphatic rings. The maximum atomic E-state index is 13.1. The van der Waals surface area contributed by atoms with Gasteiger partial charge in [0.05, 0.1) is 12.2 Å². The highest BCUT2D eigenvalue weighted by molar-refractivity contribution is 5.94. The minimum Gasteiger partial charge on any atom is -0.351 e. The summed E-state index contributed by atoms with van der Waals surface area (Å²) in [4.78, 5) is 25.7. The van der Waals surface area contributed by atoms with Crippen LogP contribution in [-0.4, -0.2) is 26.6 Å². The maximum absolute atomic E-state index is 13.1. The molecule has 168 valence electrons. The molecule has 1 amide bonds. The summed E-state index contributed by atoms with van der Waals surface area (Å²) in [6.07, 6.45) is 7.77. The minimum atomic E-state index is -0.0891. The Kier molecular flexibility index (Phi) is 5.82. The van der Waals surface area contributed by atoms with Gasteiger partial charge in [-0.1, -0.05) is 49.4 Å². The van der Waals surface area contributed by atoms with Crippen molar-refractivity contribution in [2.45, 2.75) is 45.1 Å². The Balaban J connectivity index is 1.27. The van der Waals surface area contributed by atoms with Crippen LogP contribution in [0.2, 0.25) is 0 Å². The average molecular weight is 441 g/mol. The van der Waals surface area contributed by atoms with Gasteiger partial charge in [0, 0.05) is 30.1 Å². The first-order chi connectivity index (χ1) is 16.1. The number of hydrogen-bond acceptors (Lipinski definition) is 3. The van der Waals surface area contributed by atoms with Crippen molar-refractivity contribution < 1.29 is 4.79 Å². The van der Waals surface area contributed by atoms with E-state index in [9.17, 15) is 9.59 Å². The van der Waals surface area contributed by atoms with Crippen LogP contribution in [0.15, 0.2) is 71.8 Å². The van der Waals surface area contributed by atoms with Gasteiger partial charge in [-0.25, -0.2) is 4.52 Å². The third-order valence-corrected chi connectivity index (χ3v) is 6.54. The van der Waals surface area contributed by atoms with Crippen molar-refractivity contribution in [1.29, 1.82) is 0 Å². The predicted molar refractivity (Wildman–Crippen MR) is 129 cm³/mol. The molecular weight excluding hydrogens is 412 g/mol. The molecule has 1 N–H and O–H groups in total. The molecule has 0 radical (unpaired) electrons. The van der Waals surface area contributed by atoms with Crippen molar-refractivity contribution in [2.75, 3.05) is 6.54 Å². The monoisotopic (exact) mass is 440 g/mol. The normalized spacial score (nSPS) is 14.1. The van der Waals surface area contributed by atoms with Crippen LogP contribution in [-0.2, 0) is 19.4 Å². The molecule has 0 saturated carbocycles. The first kappa shape index (κ1) is 21.2. The Morgan fingerprint density at radius 3 is 2.58 bits per heavy atom. The van der Waals surface area contributed by atoms with Crippen LogP contribution in [0, 0.1) is 0 Å². The highest BCUT2D eigenvalue weighted by Crippen LogP contribution is 2.22. The summed E-state index contributed by atoms with van der Waals surface area (Å²) in [6.45, 7) is 3.14. The topological polar surface area (TPSA) is 68.4 Å². The molecule has 0 unspecified atom stereocenters.